The van der Waals surface area contributed by atoms with Gasteiger partial charge in [-0.05, 0) is 35.9 Å². The molecule has 0 radical (unpaired) electrons. The van der Waals surface area contributed by atoms with Crippen molar-refractivity contribution >= 4 is 17.7 Å². The number of hydrogen-bond acceptors (Lipinski definition) is 3. The number of benzene rings is 2. The molecule has 0 bridgehead atoms. The van der Waals surface area contributed by atoms with E-state index in [-0.39, 0.29) is 12.1 Å². The van der Waals surface area contributed by atoms with Gasteiger partial charge in [0, 0.05) is 23.9 Å². The summed E-state index contributed by atoms with van der Waals surface area (Å²) in [5, 5.41) is 11.4. The van der Waals surface area contributed by atoms with Gasteiger partial charge in [0.25, 0.3) is 5.91 Å². The smallest absolute Gasteiger partial charge is 0.267 e. The van der Waals surface area contributed by atoms with Crippen LogP contribution in [0.1, 0.15) is 11.1 Å². The largest absolute Gasteiger partial charge is 0.380 e. The third kappa shape index (κ3) is 4.13. The zero-order valence-corrected chi connectivity index (χ0v) is 11.5. The van der Waals surface area contributed by atoms with Crippen LogP contribution >= 0.6 is 0 Å². The Kier molecular flexibility index (Phi) is 5.21. The highest BCUT2D eigenvalue weighted by Crippen LogP contribution is 2.19. The van der Waals surface area contributed by atoms with Crippen LogP contribution in [0.4, 0.5) is 14.5 Å². The molecule has 0 aliphatic carbocycles. The van der Waals surface area contributed by atoms with E-state index in [9.17, 15) is 13.6 Å². The monoisotopic (exact) mass is 304 g/mol. The van der Waals surface area contributed by atoms with Crippen LogP contribution in [0.2, 0.25) is 0 Å². The molecule has 6 heteroatoms. The van der Waals surface area contributed by atoms with Crippen LogP contribution in [0.5, 0.6) is 0 Å². The normalized spacial score (nSPS) is 10.7. The van der Waals surface area contributed by atoms with Crippen molar-refractivity contribution in [2.75, 3.05) is 5.32 Å². The van der Waals surface area contributed by atoms with E-state index in [0.29, 0.717) is 11.3 Å². The highest BCUT2D eigenvalue weighted by molar-refractivity contribution is 5.91. The van der Waals surface area contributed by atoms with Gasteiger partial charge in [-0.15, -0.1) is 0 Å². The molecule has 0 aliphatic rings. The zero-order valence-electron chi connectivity index (χ0n) is 11.5. The molecule has 0 aliphatic heterocycles. The van der Waals surface area contributed by atoms with Crippen molar-refractivity contribution in [1.29, 1.82) is 0 Å². The number of anilines is 1. The number of carbonyl (C=O) groups excluding carboxylic acids is 1. The summed E-state index contributed by atoms with van der Waals surface area (Å²) in [6.45, 7) is 0.0979. The lowest BCUT2D eigenvalue weighted by Crippen LogP contribution is -2.14. The van der Waals surface area contributed by atoms with Gasteiger partial charge < -0.3 is 5.32 Å². The Morgan fingerprint density at radius 3 is 2.73 bits per heavy atom. The molecule has 0 saturated carbocycles. The van der Waals surface area contributed by atoms with E-state index in [1.165, 1.54) is 11.6 Å². The summed E-state index contributed by atoms with van der Waals surface area (Å²) in [5.74, 6) is -1.67. The van der Waals surface area contributed by atoms with Gasteiger partial charge in [0.05, 0.1) is 0 Å². The molecular weight excluding hydrogens is 290 g/mol. The molecule has 0 atom stereocenters. The van der Waals surface area contributed by atoms with Gasteiger partial charge in [-0.3, -0.25) is 10.0 Å². The second-order valence-electron chi connectivity index (χ2n) is 4.49. The Labute approximate surface area is 126 Å². The summed E-state index contributed by atoms with van der Waals surface area (Å²) in [6.07, 6.45) is 2.65. The van der Waals surface area contributed by atoms with Crippen LogP contribution in [0.25, 0.3) is 6.08 Å². The molecule has 114 valence electrons. The third-order valence-corrected chi connectivity index (χ3v) is 2.96. The molecule has 22 heavy (non-hydrogen) atoms. The number of carbonyl (C=O) groups is 1. The maximum atomic E-state index is 13.6. The lowest BCUT2D eigenvalue weighted by Gasteiger charge is -2.10. The Bertz CT molecular complexity index is 702. The fourth-order valence-electron chi connectivity index (χ4n) is 1.88. The summed E-state index contributed by atoms with van der Waals surface area (Å²) < 4.78 is 26.7. The SMILES string of the molecule is O=C(C=Cc1ccccc1NCc1cc(F)ccc1F)NO. The van der Waals surface area contributed by atoms with Crippen molar-refractivity contribution in [3.05, 3.63) is 71.3 Å². The molecule has 0 aromatic heterocycles. The van der Waals surface area contributed by atoms with E-state index in [1.54, 1.807) is 24.3 Å². The van der Waals surface area contributed by atoms with Gasteiger partial charge in [-0.2, -0.15) is 0 Å². The maximum Gasteiger partial charge on any atom is 0.267 e. The first-order valence-electron chi connectivity index (χ1n) is 6.49. The van der Waals surface area contributed by atoms with Crippen molar-refractivity contribution in [3.8, 4) is 0 Å². The molecule has 0 spiro atoms. The minimum Gasteiger partial charge on any atom is -0.380 e. The lowest BCUT2D eigenvalue weighted by molar-refractivity contribution is -0.124. The second-order valence-corrected chi connectivity index (χ2v) is 4.49. The summed E-state index contributed by atoms with van der Waals surface area (Å²) >= 11 is 0. The van der Waals surface area contributed by atoms with E-state index < -0.39 is 17.5 Å². The van der Waals surface area contributed by atoms with E-state index in [2.05, 4.69) is 5.32 Å². The summed E-state index contributed by atoms with van der Waals surface area (Å²) in [7, 11) is 0. The number of hydrogen-bond donors (Lipinski definition) is 3. The van der Waals surface area contributed by atoms with Gasteiger partial charge in [0.2, 0.25) is 0 Å². The Hall–Kier alpha value is -2.73. The van der Waals surface area contributed by atoms with Crippen LogP contribution in [-0.2, 0) is 11.3 Å². The minimum absolute atomic E-state index is 0.0979. The number of rotatable bonds is 5. The molecule has 0 fully saturated rings. The molecule has 2 rings (SSSR count). The summed E-state index contributed by atoms with van der Waals surface area (Å²) in [5.41, 5.74) is 3.01. The Balaban J connectivity index is 2.14. The molecule has 0 saturated heterocycles. The van der Waals surface area contributed by atoms with Crippen LogP contribution in [0, 0.1) is 11.6 Å². The van der Waals surface area contributed by atoms with Crippen molar-refractivity contribution in [3.63, 3.8) is 0 Å². The van der Waals surface area contributed by atoms with Crippen molar-refractivity contribution in [2.45, 2.75) is 6.54 Å². The fourth-order valence-corrected chi connectivity index (χ4v) is 1.88. The summed E-state index contributed by atoms with van der Waals surface area (Å²) in [6, 6.07) is 10.3. The molecule has 3 N–H and O–H groups in total. The van der Waals surface area contributed by atoms with E-state index in [0.717, 1.165) is 24.3 Å². The number of nitrogens with one attached hydrogen (secondary N) is 2. The van der Waals surface area contributed by atoms with Crippen LogP contribution < -0.4 is 10.8 Å². The van der Waals surface area contributed by atoms with Crippen molar-refractivity contribution in [2.24, 2.45) is 0 Å². The highest BCUT2D eigenvalue weighted by atomic mass is 19.1. The first-order valence-corrected chi connectivity index (χ1v) is 6.49. The predicted octanol–water partition coefficient (Wildman–Crippen LogP) is 3.10. The predicted molar refractivity (Wildman–Crippen MR) is 79.1 cm³/mol. The third-order valence-electron chi connectivity index (χ3n) is 2.96. The second kappa shape index (κ2) is 7.33. The molecule has 2 aromatic carbocycles. The molecule has 0 heterocycles. The van der Waals surface area contributed by atoms with Crippen molar-refractivity contribution in [1.82, 2.24) is 5.48 Å². The van der Waals surface area contributed by atoms with Crippen LogP contribution in [0.15, 0.2) is 48.5 Å². The maximum absolute atomic E-state index is 13.6. The van der Waals surface area contributed by atoms with Crippen molar-refractivity contribution < 1.29 is 18.8 Å². The standard InChI is InChI=1S/C16H14F2N2O2/c17-13-6-7-14(18)12(9-13)10-19-15-4-2-1-3-11(15)5-8-16(21)20-22/h1-9,19,22H,10H2,(H,20,21). The highest BCUT2D eigenvalue weighted by Gasteiger charge is 2.05. The van der Waals surface area contributed by atoms with E-state index in [1.807, 2.05) is 0 Å². The molecule has 0 unspecified atom stereocenters. The molecular formula is C16H14F2N2O2. The first kappa shape index (κ1) is 15.7. The summed E-state index contributed by atoms with van der Waals surface area (Å²) in [4.78, 5) is 11.0. The van der Waals surface area contributed by atoms with Crippen LogP contribution in [0.3, 0.4) is 0 Å². The number of halogens is 2. The molecule has 2 aromatic rings. The van der Waals surface area contributed by atoms with E-state index >= 15 is 0 Å². The van der Waals surface area contributed by atoms with E-state index in [4.69, 9.17) is 5.21 Å². The van der Waals surface area contributed by atoms with Gasteiger partial charge in [-0.1, -0.05) is 18.2 Å². The fraction of sp³-hybridized carbons (Fsp3) is 0.0625. The lowest BCUT2D eigenvalue weighted by atomic mass is 10.1. The topological polar surface area (TPSA) is 61.4 Å². The van der Waals surface area contributed by atoms with Gasteiger partial charge in [0.1, 0.15) is 11.6 Å². The van der Waals surface area contributed by atoms with Gasteiger partial charge in [-0.25, -0.2) is 14.3 Å². The Morgan fingerprint density at radius 2 is 1.95 bits per heavy atom. The zero-order chi connectivity index (χ0) is 15.9. The first-order chi connectivity index (χ1) is 10.6. The quantitative estimate of drug-likeness (QED) is 0.452. The molecule has 4 nitrogen and oxygen atoms in total. The van der Waals surface area contributed by atoms with Gasteiger partial charge >= 0.3 is 0 Å². The van der Waals surface area contributed by atoms with Gasteiger partial charge in [0.15, 0.2) is 0 Å². The van der Waals surface area contributed by atoms with Crippen LogP contribution in [-0.4, -0.2) is 11.1 Å². The number of para-hydroxylation sites is 1. The number of amides is 1. The minimum atomic E-state index is -0.661. The number of hydroxylamine groups is 1. The average Bonchev–Trinajstić information content (AvgIpc) is 2.54. The Morgan fingerprint density at radius 1 is 1.18 bits per heavy atom. The molecule has 1 amide bonds. The average molecular weight is 304 g/mol.